The lowest BCUT2D eigenvalue weighted by Gasteiger charge is -2.28. The van der Waals surface area contributed by atoms with E-state index in [-0.39, 0.29) is 47.3 Å². The van der Waals surface area contributed by atoms with E-state index in [1.807, 2.05) is 0 Å². The highest BCUT2D eigenvalue weighted by Gasteiger charge is 2.34. The molecule has 2 saturated carbocycles. The van der Waals surface area contributed by atoms with Crippen LogP contribution in [0.15, 0.2) is 40.2 Å². The minimum atomic E-state index is -1.35. The molecular formula is C30H30F2N4O6S. The molecule has 1 saturated heterocycles. The Hall–Kier alpha value is -4.00. The molecule has 2 N–H and O–H groups in total. The van der Waals surface area contributed by atoms with E-state index in [2.05, 4.69) is 10.3 Å². The summed E-state index contributed by atoms with van der Waals surface area (Å²) >= 11 is 1.41. The van der Waals surface area contributed by atoms with E-state index < -0.39 is 40.8 Å². The number of fused-ring (bicyclic) bond motifs is 1. The third-order valence-corrected chi connectivity index (χ3v) is 9.58. The number of nitrogens with zero attached hydrogens (tertiary/aromatic N) is 3. The minimum absolute atomic E-state index is 0.0262. The topological polar surface area (TPSA) is 131 Å². The Bertz CT molecular complexity index is 1690. The monoisotopic (exact) mass is 612 g/mol. The molecule has 3 aliphatic rings. The summed E-state index contributed by atoms with van der Waals surface area (Å²) in [5.74, 6) is -2.83. The summed E-state index contributed by atoms with van der Waals surface area (Å²) < 4.78 is 37.4. The molecule has 13 heteroatoms. The van der Waals surface area contributed by atoms with Crippen molar-refractivity contribution < 1.29 is 33.0 Å². The number of carbonyl (C=O) groups is 3. The minimum Gasteiger partial charge on any atom is -0.477 e. The summed E-state index contributed by atoms with van der Waals surface area (Å²) in [5, 5.41) is 12.1. The summed E-state index contributed by atoms with van der Waals surface area (Å²) in [6.07, 6.45) is 4.54. The third-order valence-electron chi connectivity index (χ3n) is 8.19. The molecule has 3 heterocycles. The number of cyclic esters (lactones) is 1. The number of hydrogen-bond donors (Lipinski definition) is 2. The number of carbonyl (C=O) groups excluding carboxylic acids is 2. The molecule has 1 aromatic carbocycles. The Balaban J connectivity index is 1.12. The van der Waals surface area contributed by atoms with Gasteiger partial charge in [-0.2, -0.15) is 0 Å². The first-order valence-corrected chi connectivity index (χ1v) is 15.1. The van der Waals surface area contributed by atoms with Crippen LogP contribution in [0, 0.1) is 11.6 Å². The fourth-order valence-electron chi connectivity index (χ4n) is 5.81. The van der Waals surface area contributed by atoms with E-state index in [4.69, 9.17) is 4.74 Å². The largest absolute Gasteiger partial charge is 0.477 e. The molecule has 10 nitrogen and oxygen atoms in total. The van der Waals surface area contributed by atoms with Gasteiger partial charge in [0.15, 0.2) is 0 Å². The molecule has 0 radical (unpaired) electrons. The summed E-state index contributed by atoms with van der Waals surface area (Å²) in [7, 11) is 0. The van der Waals surface area contributed by atoms with Gasteiger partial charge >= 0.3 is 12.1 Å². The maximum atomic E-state index is 15.3. The lowest BCUT2D eigenvalue weighted by molar-refractivity contribution is -0.119. The average Bonchev–Trinajstić information content (AvgIpc) is 3.75. The average molecular weight is 613 g/mol. The number of amides is 2. The van der Waals surface area contributed by atoms with Crippen LogP contribution in [0.1, 0.15) is 73.5 Å². The molecular weight excluding hydrogens is 582 g/mol. The number of aromatic carboxylic acids is 1. The Morgan fingerprint density at radius 1 is 1.09 bits per heavy atom. The van der Waals surface area contributed by atoms with Crippen molar-refractivity contribution in [3.05, 3.63) is 63.6 Å². The predicted molar refractivity (Wildman–Crippen MR) is 155 cm³/mol. The van der Waals surface area contributed by atoms with Gasteiger partial charge in [0.25, 0.3) is 0 Å². The molecule has 43 heavy (non-hydrogen) atoms. The Morgan fingerprint density at radius 3 is 2.49 bits per heavy atom. The predicted octanol–water partition coefficient (Wildman–Crippen LogP) is 4.99. The molecule has 2 aliphatic carbocycles. The second kappa shape index (κ2) is 11.6. The lowest BCUT2D eigenvalue weighted by Crippen LogP contribution is -2.33. The van der Waals surface area contributed by atoms with E-state index in [0.717, 1.165) is 18.9 Å². The normalized spacial score (nSPS) is 22.1. The van der Waals surface area contributed by atoms with Gasteiger partial charge in [0.05, 0.1) is 29.9 Å². The third kappa shape index (κ3) is 5.95. The van der Waals surface area contributed by atoms with E-state index in [1.165, 1.54) is 35.8 Å². The number of thioether (sulfide) groups is 1. The number of hydrogen-bond acceptors (Lipinski definition) is 7. The number of carboxylic acids is 1. The smallest absolute Gasteiger partial charge is 0.414 e. The Kier molecular flexibility index (Phi) is 7.84. The summed E-state index contributed by atoms with van der Waals surface area (Å²) in [6.45, 7) is 1.76. The molecule has 3 fully saturated rings. The number of anilines is 1. The molecule has 2 amide bonds. The van der Waals surface area contributed by atoms with Crippen molar-refractivity contribution >= 4 is 46.5 Å². The highest BCUT2D eigenvalue weighted by Crippen LogP contribution is 2.42. The SMILES string of the molecule is CC(=O)NC[C@H]1CN(c2ccc(SC3CCC(c4nc5c(cc4F)c(=O)c(C(=O)O)cn5C4CC4)CC3)c(F)c2)C(=O)O1. The van der Waals surface area contributed by atoms with E-state index in [0.29, 0.717) is 41.9 Å². The zero-order valence-corrected chi connectivity index (χ0v) is 24.2. The van der Waals surface area contributed by atoms with Gasteiger partial charge in [-0.15, -0.1) is 11.8 Å². The molecule has 3 aromatic rings. The van der Waals surface area contributed by atoms with Gasteiger partial charge in [-0.25, -0.2) is 23.4 Å². The molecule has 0 spiro atoms. The summed E-state index contributed by atoms with van der Waals surface area (Å²) in [4.78, 5) is 54.2. The van der Waals surface area contributed by atoms with Gasteiger partial charge in [-0.05, 0) is 62.8 Å². The second-order valence-electron chi connectivity index (χ2n) is 11.3. The maximum Gasteiger partial charge on any atom is 0.414 e. The molecule has 2 aromatic heterocycles. The van der Waals surface area contributed by atoms with Crippen molar-refractivity contribution in [3.63, 3.8) is 0 Å². The molecule has 1 atom stereocenters. The zero-order valence-electron chi connectivity index (χ0n) is 23.3. The van der Waals surface area contributed by atoms with Crippen LogP contribution < -0.4 is 15.6 Å². The number of pyridine rings is 2. The van der Waals surface area contributed by atoms with Gasteiger partial charge in [0.1, 0.15) is 28.9 Å². The summed E-state index contributed by atoms with van der Waals surface area (Å²) in [5.41, 5.74) is -0.165. The lowest BCUT2D eigenvalue weighted by atomic mass is 9.86. The number of ether oxygens (including phenoxy) is 1. The fraction of sp³-hybridized carbons (Fsp3) is 0.433. The maximum absolute atomic E-state index is 15.3. The number of benzene rings is 1. The van der Waals surface area contributed by atoms with Crippen molar-refractivity contribution in [1.82, 2.24) is 14.9 Å². The number of nitrogens with one attached hydrogen (secondary N) is 1. The number of rotatable bonds is 8. The number of aromatic nitrogens is 2. The van der Waals surface area contributed by atoms with Crippen molar-refractivity contribution in [1.29, 1.82) is 0 Å². The first-order chi connectivity index (χ1) is 20.6. The van der Waals surface area contributed by atoms with Crippen molar-refractivity contribution in [2.45, 2.75) is 73.7 Å². The van der Waals surface area contributed by atoms with Crippen molar-refractivity contribution in [3.8, 4) is 0 Å². The number of carboxylic acid groups (broad SMARTS) is 1. The molecule has 1 aliphatic heterocycles. The van der Waals surface area contributed by atoms with Crippen LogP contribution in [0.4, 0.5) is 19.3 Å². The van der Waals surface area contributed by atoms with Crippen molar-refractivity contribution in [2.75, 3.05) is 18.0 Å². The van der Waals surface area contributed by atoms with Gasteiger partial charge in [-0.1, -0.05) is 0 Å². The second-order valence-corrected chi connectivity index (χ2v) is 12.6. The zero-order chi connectivity index (χ0) is 30.4. The van der Waals surface area contributed by atoms with Crippen LogP contribution in [0.2, 0.25) is 0 Å². The van der Waals surface area contributed by atoms with Gasteiger partial charge in [-0.3, -0.25) is 14.5 Å². The highest BCUT2D eigenvalue weighted by atomic mass is 32.2. The van der Waals surface area contributed by atoms with Gasteiger partial charge in [0, 0.05) is 35.2 Å². The van der Waals surface area contributed by atoms with Crippen LogP contribution in [-0.2, 0) is 9.53 Å². The first-order valence-electron chi connectivity index (χ1n) is 14.3. The highest BCUT2D eigenvalue weighted by molar-refractivity contribution is 8.00. The van der Waals surface area contributed by atoms with E-state index >= 15 is 8.78 Å². The van der Waals surface area contributed by atoms with Gasteiger partial charge in [0.2, 0.25) is 11.3 Å². The van der Waals surface area contributed by atoms with Crippen molar-refractivity contribution in [2.24, 2.45) is 0 Å². The number of halogens is 2. The van der Waals surface area contributed by atoms with Crippen LogP contribution in [-0.4, -0.2) is 57.1 Å². The molecule has 226 valence electrons. The molecule has 6 rings (SSSR count). The standard InChI is InChI=1S/C30H30F2N4O6S/c1-15(37)33-12-19-13-36(30(41)42-19)18-6-9-25(23(31)10-18)43-20-7-2-16(3-8-20)26-24(32)11-21-27(38)22(29(39)40)14-35(17-4-5-17)28(21)34-26/h6,9-11,14,16-17,19-20H,2-5,7-8,12-13H2,1H3,(H,33,37)(H,39,40)/t16?,19-,20?/m0/s1. The van der Waals surface area contributed by atoms with Crippen LogP contribution >= 0.6 is 11.8 Å². The van der Waals surface area contributed by atoms with E-state index in [1.54, 1.807) is 16.7 Å². The fourth-order valence-corrected chi connectivity index (χ4v) is 7.00. The first kappa shape index (κ1) is 29.1. The molecule has 0 unspecified atom stereocenters. The summed E-state index contributed by atoms with van der Waals surface area (Å²) in [6, 6.07) is 5.79. The Morgan fingerprint density at radius 2 is 1.84 bits per heavy atom. The molecule has 0 bridgehead atoms. The van der Waals surface area contributed by atoms with Crippen LogP contribution in [0.25, 0.3) is 11.0 Å². The quantitative estimate of drug-likeness (QED) is 0.364. The van der Waals surface area contributed by atoms with Crippen LogP contribution in [0.3, 0.4) is 0 Å². The van der Waals surface area contributed by atoms with E-state index in [9.17, 15) is 24.3 Å². The van der Waals surface area contributed by atoms with Gasteiger partial charge < -0.3 is 19.7 Å². The van der Waals surface area contributed by atoms with Crippen LogP contribution in [0.5, 0.6) is 0 Å². The Labute approximate surface area is 249 Å².